The third-order valence-corrected chi connectivity index (χ3v) is 2.58. The number of rotatable bonds is 1. The number of ether oxygens (including phenoxy) is 1. The summed E-state index contributed by atoms with van der Waals surface area (Å²) in [6, 6.07) is 0. The third kappa shape index (κ3) is 3.48. The summed E-state index contributed by atoms with van der Waals surface area (Å²) in [5.41, 5.74) is 4.55. The molecule has 0 spiro atoms. The highest BCUT2D eigenvalue weighted by Crippen LogP contribution is 2.19. The third-order valence-electron chi connectivity index (χ3n) is 2.58. The summed E-state index contributed by atoms with van der Waals surface area (Å²) in [5, 5.41) is 0. The lowest BCUT2D eigenvalue weighted by atomic mass is 9.90. The molecule has 0 aromatic carbocycles. The van der Waals surface area contributed by atoms with Crippen LogP contribution in [-0.2, 0) is 9.53 Å². The first kappa shape index (κ1) is 13.0. The summed E-state index contributed by atoms with van der Waals surface area (Å²) in [7, 11) is 0. The van der Waals surface area contributed by atoms with Gasteiger partial charge in [-0.15, -0.1) is 0 Å². The fourth-order valence-electron chi connectivity index (χ4n) is 1.55. The lowest BCUT2D eigenvalue weighted by molar-refractivity contribution is -0.113. The minimum Gasteiger partial charge on any atom is -0.444 e. The molecule has 1 heterocycles. The van der Waals surface area contributed by atoms with Crippen molar-refractivity contribution in [1.29, 1.82) is 0 Å². The maximum atomic E-state index is 11.7. The van der Waals surface area contributed by atoms with Crippen molar-refractivity contribution in [2.24, 2.45) is 5.73 Å². The van der Waals surface area contributed by atoms with Gasteiger partial charge >= 0.3 is 6.09 Å². The van der Waals surface area contributed by atoms with Gasteiger partial charge in [0.2, 0.25) is 0 Å². The Balaban J connectivity index is 2.48. The van der Waals surface area contributed by atoms with Crippen LogP contribution in [0.25, 0.3) is 0 Å². The standard InChI is InChI=1S/C11H20N2O3/c1-10(2,3)16-9(15)13-6-4-11(12,8-14)5-7-13/h8H,4-7,12H2,1-3H3. The van der Waals surface area contributed by atoms with E-state index in [-0.39, 0.29) is 6.09 Å². The van der Waals surface area contributed by atoms with Crippen molar-refractivity contribution in [2.45, 2.75) is 44.8 Å². The van der Waals surface area contributed by atoms with Crippen molar-refractivity contribution in [3.63, 3.8) is 0 Å². The van der Waals surface area contributed by atoms with Gasteiger partial charge in [-0.3, -0.25) is 0 Å². The summed E-state index contributed by atoms with van der Waals surface area (Å²) < 4.78 is 5.24. The molecule has 0 aromatic heterocycles. The van der Waals surface area contributed by atoms with Crippen LogP contribution in [-0.4, -0.2) is 41.5 Å². The number of amides is 1. The SMILES string of the molecule is CC(C)(C)OC(=O)N1CCC(N)(C=O)CC1. The summed E-state index contributed by atoms with van der Waals surface area (Å²) in [4.78, 5) is 24.0. The monoisotopic (exact) mass is 228 g/mol. The summed E-state index contributed by atoms with van der Waals surface area (Å²) in [5.74, 6) is 0. The van der Waals surface area contributed by atoms with Gasteiger partial charge in [0.1, 0.15) is 11.9 Å². The molecular formula is C11H20N2O3. The Bertz CT molecular complexity index is 275. The molecule has 1 aliphatic rings. The van der Waals surface area contributed by atoms with Gasteiger partial charge < -0.3 is 20.2 Å². The highest BCUT2D eigenvalue weighted by molar-refractivity contribution is 5.70. The van der Waals surface area contributed by atoms with E-state index in [1.54, 1.807) is 4.90 Å². The molecule has 0 saturated carbocycles. The summed E-state index contributed by atoms with van der Waals surface area (Å²) in [6.45, 7) is 6.43. The lowest BCUT2D eigenvalue weighted by Gasteiger charge is -2.36. The van der Waals surface area contributed by atoms with E-state index in [0.717, 1.165) is 6.29 Å². The van der Waals surface area contributed by atoms with Gasteiger partial charge in [0.25, 0.3) is 0 Å². The summed E-state index contributed by atoms with van der Waals surface area (Å²) in [6.07, 6.45) is 1.44. The van der Waals surface area contributed by atoms with E-state index >= 15 is 0 Å². The Morgan fingerprint density at radius 1 is 1.38 bits per heavy atom. The van der Waals surface area contributed by atoms with Crippen molar-refractivity contribution in [1.82, 2.24) is 4.90 Å². The highest BCUT2D eigenvalue weighted by Gasteiger charge is 2.33. The van der Waals surface area contributed by atoms with Crippen LogP contribution in [0.2, 0.25) is 0 Å². The molecule has 92 valence electrons. The molecule has 5 nitrogen and oxygen atoms in total. The average molecular weight is 228 g/mol. The van der Waals surface area contributed by atoms with E-state index in [2.05, 4.69) is 0 Å². The normalized spacial score (nSPS) is 20.4. The van der Waals surface area contributed by atoms with Crippen LogP contribution in [0, 0.1) is 0 Å². The molecule has 1 rings (SSSR count). The number of likely N-dealkylation sites (tertiary alicyclic amines) is 1. The van der Waals surface area contributed by atoms with Crippen molar-refractivity contribution in [2.75, 3.05) is 13.1 Å². The number of hydrogen-bond donors (Lipinski definition) is 1. The molecule has 1 fully saturated rings. The summed E-state index contributed by atoms with van der Waals surface area (Å²) >= 11 is 0. The second-order valence-electron chi connectivity index (χ2n) is 5.32. The van der Waals surface area contributed by atoms with Gasteiger partial charge in [0.05, 0.1) is 5.54 Å². The van der Waals surface area contributed by atoms with E-state index in [1.165, 1.54) is 0 Å². The molecule has 1 amide bonds. The first-order valence-corrected chi connectivity index (χ1v) is 5.49. The second kappa shape index (κ2) is 4.41. The quantitative estimate of drug-likeness (QED) is 0.677. The van der Waals surface area contributed by atoms with Crippen LogP contribution in [0.4, 0.5) is 4.79 Å². The molecule has 0 aliphatic carbocycles. The number of aldehydes is 1. The molecule has 0 atom stereocenters. The minimum absolute atomic E-state index is 0.333. The Hall–Kier alpha value is -1.10. The van der Waals surface area contributed by atoms with Crippen LogP contribution in [0.5, 0.6) is 0 Å². The van der Waals surface area contributed by atoms with Gasteiger partial charge in [-0.2, -0.15) is 0 Å². The lowest BCUT2D eigenvalue weighted by Crippen LogP contribution is -2.53. The highest BCUT2D eigenvalue weighted by atomic mass is 16.6. The predicted octanol–water partition coefficient (Wildman–Crippen LogP) is 0.914. The van der Waals surface area contributed by atoms with Crippen molar-refractivity contribution < 1.29 is 14.3 Å². The second-order valence-corrected chi connectivity index (χ2v) is 5.32. The zero-order valence-corrected chi connectivity index (χ0v) is 10.2. The molecular weight excluding hydrogens is 208 g/mol. The Labute approximate surface area is 95.9 Å². The zero-order chi connectivity index (χ0) is 12.4. The molecule has 1 aliphatic heterocycles. The number of nitrogens with zero attached hydrogens (tertiary/aromatic N) is 1. The van der Waals surface area contributed by atoms with Crippen LogP contribution in [0.3, 0.4) is 0 Å². The van der Waals surface area contributed by atoms with Crippen molar-refractivity contribution in [3.8, 4) is 0 Å². The molecule has 0 unspecified atom stereocenters. The maximum absolute atomic E-state index is 11.7. The smallest absolute Gasteiger partial charge is 0.410 e. The first-order valence-electron chi connectivity index (χ1n) is 5.49. The van der Waals surface area contributed by atoms with Gasteiger partial charge in [-0.05, 0) is 33.6 Å². The average Bonchev–Trinajstić information content (AvgIpc) is 2.16. The van der Waals surface area contributed by atoms with E-state index in [9.17, 15) is 9.59 Å². The van der Waals surface area contributed by atoms with E-state index in [0.29, 0.717) is 25.9 Å². The Morgan fingerprint density at radius 2 is 1.88 bits per heavy atom. The largest absolute Gasteiger partial charge is 0.444 e. The predicted molar refractivity (Wildman–Crippen MR) is 60.0 cm³/mol. The van der Waals surface area contributed by atoms with Crippen LogP contribution in [0.15, 0.2) is 0 Å². The van der Waals surface area contributed by atoms with Crippen LogP contribution < -0.4 is 5.73 Å². The number of nitrogens with two attached hydrogens (primary N) is 1. The zero-order valence-electron chi connectivity index (χ0n) is 10.2. The van der Waals surface area contributed by atoms with Crippen LogP contribution >= 0.6 is 0 Å². The molecule has 0 bridgehead atoms. The number of piperidine rings is 1. The van der Waals surface area contributed by atoms with Gasteiger partial charge in [-0.25, -0.2) is 4.79 Å². The first-order chi connectivity index (χ1) is 7.26. The fourth-order valence-corrected chi connectivity index (χ4v) is 1.55. The number of hydrogen-bond acceptors (Lipinski definition) is 4. The Kier molecular flexibility index (Phi) is 3.57. The van der Waals surface area contributed by atoms with Crippen molar-refractivity contribution in [3.05, 3.63) is 0 Å². The molecule has 1 saturated heterocycles. The van der Waals surface area contributed by atoms with Crippen molar-refractivity contribution >= 4 is 12.4 Å². The van der Waals surface area contributed by atoms with Crippen LogP contribution in [0.1, 0.15) is 33.6 Å². The number of carbonyl (C=O) groups is 2. The van der Waals surface area contributed by atoms with E-state index in [4.69, 9.17) is 10.5 Å². The fraction of sp³-hybridized carbons (Fsp3) is 0.818. The van der Waals surface area contributed by atoms with Gasteiger partial charge in [-0.1, -0.05) is 0 Å². The minimum atomic E-state index is -0.765. The van der Waals surface area contributed by atoms with E-state index < -0.39 is 11.1 Å². The number of carbonyl (C=O) groups excluding carboxylic acids is 2. The van der Waals surface area contributed by atoms with E-state index in [1.807, 2.05) is 20.8 Å². The topological polar surface area (TPSA) is 72.6 Å². The molecule has 0 aromatic rings. The molecule has 2 N–H and O–H groups in total. The van der Waals surface area contributed by atoms with Gasteiger partial charge in [0.15, 0.2) is 0 Å². The molecule has 0 radical (unpaired) electrons. The van der Waals surface area contributed by atoms with Gasteiger partial charge in [0, 0.05) is 13.1 Å². The molecule has 5 heteroatoms. The maximum Gasteiger partial charge on any atom is 0.410 e. The molecule has 16 heavy (non-hydrogen) atoms. The Morgan fingerprint density at radius 3 is 2.25 bits per heavy atom.